The predicted molar refractivity (Wildman–Crippen MR) is 55.1 cm³/mol. The molecule has 0 bridgehead atoms. The monoisotopic (exact) mass is 194 g/mol. The summed E-state index contributed by atoms with van der Waals surface area (Å²) in [4.78, 5) is 0. The first-order valence-electron chi connectivity index (χ1n) is 3.86. The van der Waals surface area contributed by atoms with Crippen LogP contribution in [0.25, 0.3) is 0 Å². The molecule has 68 valence electrons. The molecule has 0 aliphatic heterocycles. The topological polar surface area (TPSA) is 40.5 Å². The largest absolute Gasteiger partial charge is 0.507 e. The summed E-state index contributed by atoms with van der Waals surface area (Å²) in [5, 5.41) is 18.6. The molecule has 0 aliphatic rings. The fraction of sp³-hybridized carbons (Fsp3) is 0.200. The number of rotatable bonds is 1. The number of phenols is 2. The van der Waals surface area contributed by atoms with E-state index in [0.717, 1.165) is 0 Å². The van der Waals surface area contributed by atoms with Gasteiger partial charge in [-0.2, -0.15) is 12.6 Å². The molecule has 0 heterocycles. The van der Waals surface area contributed by atoms with Gasteiger partial charge in [0.15, 0.2) is 0 Å². The van der Waals surface area contributed by atoms with Crippen molar-refractivity contribution in [2.45, 2.75) is 6.42 Å². The second-order valence-corrected chi connectivity index (χ2v) is 2.89. The highest BCUT2D eigenvalue weighted by molar-refractivity contribution is 7.80. The molecule has 2 nitrogen and oxygen atoms in total. The second-order valence-electron chi connectivity index (χ2n) is 2.45. The molecule has 0 aliphatic carbocycles. The molecule has 0 aromatic heterocycles. The van der Waals surface area contributed by atoms with Crippen LogP contribution in [0.3, 0.4) is 0 Å². The van der Waals surface area contributed by atoms with E-state index in [2.05, 4.69) is 24.5 Å². The zero-order valence-electron chi connectivity index (χ0n) is 6.99. The third-order valence-corrected chi connectivity index (χ3v) is 1.69. The Morgan fingerprint density at radius 2 is 1.85 bits per heavy atom. The molecule has 3 heteroatoms. The summed E-state index contributed by atoms with van der Waals surface area (Å²) in [7, 11) is 0. The van der Waals surface area contributed by atoms with E-state index in [1.165, 1.54) is 12.1 Å². The van der Waals surface area contributed by atoms with Crippen LogP contribution in [-0.2, 0) is 0 Å². The van der Waals surface area contributed by atoms with Crippen LogP contribution in [0.1, 0.15) is 12.0 Å². The van der Waals surface area contributed by atoms with E-state index >= 15 is 0 Å². The lowest BCUT2D eigenvalue weighted by atomic mass is 10.2. The maximum atomic E-state index is 9.31. The lowest BCUT2D eigenvalue weighted by Gasteiger charge is -1.98. The summed E-state index contributed by atoms with van der Waals surface area (Å²) in [5.41, 5.74) is 0.282. The minimum absolute atomic E-state index is 0.00617. The summed E-state index contributed by atoms with van der Waals surface area (Å²) >= 11 is 3.99. The van der Waals surface area contributed by atoms with Gasteiger partial charge in [0.25, 0.3) is 0 Å². The van der Waals surface area contributed by atoms with E-state index in [4.69, 9.17) is 0 Å². The van der Waals surface area contributed by atoms with E-state index in [0.29, 0.717) is 12.2 Å². The van der Waals surface area contributed by atoms with Crippen LogP contribution >= 0.6 is 12.6 Å². The molecule has 2 N–H and O–H groups in total. The van der Waals surface area contributed by atoms with Crippen LogP contribution in [0.15, 0.2) is 18.2 Å². The first-order valence-corrected chi connectivity index (χ1v) is 4.49. The number of hydrogen-bond acceptors (Lipinski definition) is 3. The lowest BCUT2D eigenvalue weighted by molar-refractivity contribution is 0.448. The van der Waals surface area contributed by atoms with Crippen molar-refractivity contribution in [1.82, 2.24) is 0 Å². The zero-order valence-corrected chi connectivity index (χ0v) is 7.88. The third-order valence-electron chi connectivity index (χ3n) is 1.47. The van der Waals surface area contributed by atoms with Gasteiger partial charge in [0, 0.05) is 12.2 Å². The molecule has 0 saturated heterocycles. The van der Waals surface area contributed by atoms with Crippen molar-refractivity contribution in [3.63, 3.8) is 0 Å². The summed E-state index contributed by atoms with van der Waals surface area (Å²) in [6.07, 6.45) is 0.636. The Kier molecular flexibility index (Phi) is 3.53. The lowest BCUT2D eigenvalue weighted by Crippen LogP contribution is -1.78. The minimum Gasteiger partial charge on any atom is -0.507 e. The van der Waals surface area contributed by atoms with Gasteiger partial charge in [-0.1, -0.05) is 17.9 Å². The number of hydrogen-bond donors (Lipinski definition) is 3. The van der Waals surface area contributed by atoms with Crippen LogP contribution in [-0.4, -0.2) is 16.0 Å². The Morgan fingerprint density at radius 3 is 2.38 bits per heavy atom. The minimum atomic E-state index is 0.00617. The van der Waals surface area contributed by atoms with Crippen molar-refractivity contribution in [3.05, 3.63) is 23.8 Å². The third kappa shape index (κ3) is 2.60. The second kappa shape index (κ2) is 4.68. The van der Waals surface area contributed by atoms with Crippen molar-refractivity contribution in [2.75, 3.05) is 5.75 Å². The predicted octanol–water partition coefficient (Wildman–Crippen LogP) is 1.77. The summed E-state index contributed by atoms with van der Waals surface area (Å²) in [6, 6.07) is 4.54. The number of phenolic OH excluding ortho intramolecular Hbond substituents is 2. The van der Waals surface area contributed by atoms with Crippen LogP contribution in [0.4, 0.5) is 0 Å². The van der Waals surface area contributed by atoms with Gasteiger partial charge in [-0.15, -0.1) is 0 Å². The van der Waals surface area contributed by atoms with E-state index in [-0.39, 0.29) is 17.1 Å². The van der Waals surface area contributed by atoms with Crippen LogP contribution in [0.2, 0.25) is 0 Å². The molecule has 0 fully saturated rings. The summed E-state index contributed by atoms with van der Waals surface area (Å²) in [5.74, 6) is 6.15. The first-order chi connectivity index (χ1) is 6.25. The number of thiol groups is 1. The molecule has 0 amide bonds. The van der Waals surface area contributed by atoms with Gasteiger partial charge >= 0.3 is 0 Å². The zero-order chi connectivity index (χ0) is 9.68. The van der Waals surface area contributed by atoms with E-state index in [1.54, 1.807) is 6.07 Å². The van der Waals surface area contributed by atoms with Crippen molar-refractivity contribution < 1.29 is 10.2 Å². The normalized spacial score (nSPS) is 9.00. The summed E-state index contributed by atoms with van der Waals surface area (Å²) in [6.45, 7) is 0. The SMILES string of the molecule is Oc1cccc(O)c1C#CCCS. The Hall–Kier alpha value is -1.27. The van der Waals surface area contributed by atoms with Gasteiger partial charge < -0.3 is 10.2 Å². The molecule has 0 unspecified atom stereocenters. The van der Waals surface area contributed by atoms with E-state index in [1.807, 2.05) is 0 Å². The van der Waals surface area contributed by atoms with Gasteiger partial charge in [0.2, 0.25) is 0 Å². The molecule has 0 saturated carbocycles. The molecule has 0 radical (unpaired) electrons. The number of benzene rings is 1. The fourth-order valence-corrected chi connectivity index (χ4v) is 0.975. The first kappa shape index (κ1) is 9.82. The highest BCUT2D eigenvalue weighted by Gasteiger charge is 2.01. The smallest absolute Gasteiger partial charge is 0.134 e. The Labute approximate surface area is 82.6 Å². The van der Waals surface area contributed by atoms with E-state index in [9.17, 15) is 10.2 Å². The van der Waals surface area contributed by atoms with Crippen molar-refractivity contribution in [3.8, 4) is 23.3 Å². The highest BCUT2D eigenvalue weighted by atomic mass is 32.1. The van der Waals surface area contributed by atoms with Crippen molar-refractivity contribution in [1.29, 1.82) is 0 Å². The maximum Gasteiger partial charge on any atom is 0.134 e. The van der Waals surface area contributed by atoms with Gasteiger partial charge in [0.05, 0.1) is 0 Å². The molecule has 0 atom stereocenters. The van der Waals surface area contributed by atoms with Gasteiger partial charge in [-0.25, -0.2) is 0 Å². The van der Waals surface area contributed by atoms with Crippen LogP contribution in [0.5, 0.6) is 11.5 Å². The van der Waals surface area contributed by atoms with E-state index < -0.39 is 0 Å². The summed E-state index contributed by atoms with van der Waals surface area (Å²) < 4.78 is 0. The molecule has 1 aromatic carbocycles. The quantitative estimate of drug-likeness (QED) is 0.471. The Bertz CT molecular complexity index is 329. The van der Waals surface area contributed by atoms with Gasteiger partial charge in [-0.05, 0) is 12.1 Å². The van der Waals surface area contributed by atoms with Crippen molar-refractivity contribution >= 4 is 12.6 Å². The van der Waals surface area contributed by atoms with Crippen LogP contribution in [0, 0.1) is 11.8 Å². The molecular weight excluding hydrogens is 184 g/mol. The average molecular weight is 194 g/mol. The maximum absolute atomic E-state index is 9.31. The standard InChI is InChI=1S/C10H10O2S/c11-9-5-3-6-10(12)8(9)4-1-2-7-13/h3,5-6,11-13H,2,7H2. The average Bonchev–Trinajstić information content (AvgIpc) is 2.10. The Morgan fingerprint density at radius 1 is 1.23 bits per heavy atom. The van der Waals surface area contributed by atoms with Gasteiger partial charge in [-0.3, -0.25) is 0 Å². The van der Waals surface area contributed by atoms with Gasteiger partial charge in [0.1, 0.15) is 17.1 Å². The molecule has 13 heavy (non-hydrogen) atoms. The molecule has 1 rings (SSSR count). The number of aromatic hydroxyl groups is 2. The molecular formula is C10H10O2S. The van der Waals surface area contributed by atoms with Crippen LogP contribution < -0.4 is 0 Å². The van der Waals surface area contributed by atoms with Crippen molar-refractivity contribution in [2.24, 2.45) is 0 Å². The fourth-order valence-electron chi connectivity index (χ4n) is 0.863. The Balaban J connectivity index is 2.95. The molecule has 0 spiro atoms. The highest BCUT2D eigenvalue weighted by Crippen LogP contribution is 2.24. The molecule has 1 aromatic rings.